The van der Waals surface area contributed by atoms with Gasteiger partial charge in [-0.15, -0.1) is 0 Å². The van der Waals surface area contributed by atoms with Crippen molar-refractivity contribution in [3.63, 3.8) is 0 Å². The smallest absolute Gasteiger partial charge is 0.260 e. The highest BCUT2D eigenvalue weighted by Crippen LogP contribution is 2.32. The molecule has 0 unspecified atom stereocenters. The van der Waals surface area contributed by atoms with E-state index in [1.165, 1.54) is 29.2 Å². The van der Waals surface area contributed by atoms with Crippen LogP contribution in [-0.4, -0.2) is 29.9 Å². The lowest BCUT2D eigenvalue weighted by atomic mass is 10.2. The zero-order valence-corrected chi connectivity index (χ0v) is 13.4. The van der Waals surface area contributed by atoms with E-state index in [9.17, 15) is 9.18 Å². The average Bonchev–Trinajstić information content (AvgIpc) is 3.00. The molecule has 2 aromatic carbocycles. The van der Waals surface area contributed by atoms with Crippen molar-refractivity contribution < 1.29 is 9.18 Å². The van der Waals surface area contributed by atoms with Gasteiger partial charge in [-0.25, -0.2) is 9.38 Å². The molecule has 0 atom stereocenters. The molecule has 7 heteroatoms. The third kappa shape index (κ3) is 3.30. The number of amides is 1. The molecule has 4 nitrogen and oxygen atoms in total. The molecule has 0 saturated carbocycles. The number of carbonyl (C=O) groups is 1. The molecule has 0 aromatic heterocycles. The maximum Gasteiger partial charge on any atom is 0.260 e. The summed E-state index contributed by atoms with van der Waals surface area (Å²) in [5, 5.41) is 3.76. The van der Waals surface area contributed by atoms with E-state index < -0.39 is 0 Å². The highest BCUT2D eigenvalue weighted by molar-refractivity contribution is 6.43. The fraction of sp³-hybridized carbons (Fsp3) is 0.125. The van der Waals surface area contributed by atoms with Crippen LogP contribution in [-0.2, 0) is 0 Å². The van der Waals surface area contributed by atoms with Gasteiger partial charge in [0.2, 0.25) is 5.96 Å². The first-order chi connectivity index (χ1) is 11.1. The molecule has 0 radical (unpaired) electrons. The van der Waals surface area contributed by atoms with Crippen LogP contribution in [0.3, 0.4) is 0 Å². The van der Waals surface area contributed by atoms with Crippen LogP contribution in [0.4, 0.5) is 10.1 Å². The number of nitrogens with one attached hydrogen (secondary N) is 1. The van der Waals surface area contributed by atoms with Crippen LogP contribution in [0.2, 0.25) is 10.0 Å². The number of nitrogens with zero attached hydrogens (tertiary/aromatic N) is 2. The van der Waals surface area contributed by atoms with E-state index >= 15 is 0 Å². The van der Waals surface area contributed by atoms with E-state index in [2.05, 4.69) is 10.3 Å². The van der Waals surface area contributed by atoms with Crippen molar-refractivity contribution in [1.82, 2.24) is 10.2 Å². The Balaban J connectivity index is 1.90. The van der Waals surface area contributed by atoms with Crippen LogP contribution < -0.4 is 5.32 Å². The van der Waals surface area contributed by atoms with Crippen LogP contribution >= 0.6 is 23.2 Å². The predicted octanol–water partition coefficient (Wildman–Crippen LogP) is 3.87. The molecule has 0 spiro atoms. The van der Waals surface area contributed by atoms with Gasteiger partial charge in [0.05, 0.1) is 15.7 Å². The normalized spacial score (nSPS) is 15.8. The molecule has 23 heavy (non-hydrogen) atoms. The van der Waals surface area contributed by atoms with Gasteiger partial charge in [-0.3, -0.25) is 9.69 Å². The Labute approximate surface area is 142 Å². The fourth-order valence-corrected chi connectivity index (χ4v) is 2.56. The third-order valence-corrected chi connectivity index (χ3v) is 4.18. The molecule has 0 aliphatic carbocycles. The lowest BCUT2D eigenvalue weighted by molar-refractivity contribution is 0.0859. The zero-order valence-electron chi connectivity index (χ0n) is 11.9. The SMILES string of the molecule is O=C(c1ccc(F)cc1)N1CCNC1=Nc1cccc(Cl)c1Cl. The second-order valence-electron chi connectivity index (χ2n) is 4.90. The van der Waals surface area contributed by atoms with Crippen molar-refractivity contribution >= 4 is 40.8 Å². The average molecular weight is 352 g/mol. The fourth-order valence-electron chi connectivity index (χ4n) is 2.22. The number of rotatable bonds is 2. The Morgan fingerprint density at radius 3 is 2.65 bits per heavy atom. The minimum atomic E-state index is -0.388. The second kappa shape index (κ2) is 6.56. The molecule has 1 amide bonds. The molecular formula is C16H12Cl2FN3O. The molecule has 0 bridgehead atoms. The summed E-state index contributed by atoms with van der Waals surface area (Å²) in [5.41, 5.74) is 0.862. The van der Waals surface area contributed by atoms with E-state index in [1.807, 2.05) is 0 Å². The molecule has 1 heterocycles. The van der Waals surface area contributed by atoms with Crippen molar-refractivity contribution in [3.05, 3.63) is 63.9 Å². The first-order valence-electron chi connectivity index (χ1n) is 6.90. The van der Waals surface area contributed by atoms with E-state index in [4.69, 9.17) is 23.2 Å². The summed E-state index contributed by atoms with van der Waals surface area (Å²) in [6, 6.07) is 10.5. The van der Waals surface area contributed by atoms with Crippen molar-refractivity contribution in [3.8, 4) is 0 Å². The van der Waals surface area contributed by atoms with Crippen LogP contribution in [0.5, 0.6) is 0 Å². The van der Waals surface area contributed by atoms with Gasteiger partial charge in [0.1, 0.15) is 5.82 Å². The van der Waals surface area contributed by atoms with Crippen LogP contribution in [0.25, 0.3) is 0 Å². The highest BCUT2D eigenvalue weighted by Gasteiger charge is 2.26. The van der Waals surface area contributed by atoms with Crippen LogP contribution in [0.1, 0.15) is 10.4 Å². The highest BCUT2D eigenvalue weighted by atomic mass is 35.5. The number of hydrogen-bond donors (Lipinski definition) is 1. The molecule has 1 aliphatic rings. The third-order valence-electron chi connectivity index (χ3n) is 3.37. The van der Waals surface area contributed by atoms with Gasteiger partial charge in [-0.2, -0.15) is 0 Å². The minimum absolute atomic E-state index is 0.257. The van der Waals surface area contributed by atoms with E-state index in [-0.39, 0.29) is 11.7 Å². The van der Waals surface area contributed by atoms with Crippen molar-refractivity contribution in [1.29, 1.82) is 0 Å². The van der Waals surface area contributed by atoms with E-state index in [0.29, 0.717) is 40.3 Å². The van der Waals surface area contributed by atoms with Gasteiger partial charge in [0, 0.05) is 18.7 Å². The maximum atomic E-state index is 13.0. The quantitative estimate of drug-likeness (QED) is 0.892. The summed E-state index contributed by atoms with van der Waals surface area (Å²) in [6.07, 6.45) is 0. The summed E-state index contributed by atoms with van der Waals surface area (Å²) >= 11 is 12.1. The van der Waals surface area contributed by atoms with Gasteiger partial charge in [-0.05, 0) is 36.4 Å². The molecule has 1 fully saturated rings. The number of benzene rings is 2. The lowest BCUT2D eigenvalue weighted by Gasteiger charge is -2.16. The van der Waals surface area contributed by atoms with E-state index in [0.717, 1.165) is 0 Å². The first kappa shape index (κ1) is 15.8. The Kier molecular flexibility index (Phi) is 4.50. The summed E-state index contributed by atoms with van der Waals surface area (Å²) in [4.78, 5) is 18.4. The van der Waals surface area contributed by atoms with Crippen LogP contribution in [0, 0.1) is 5.82 Å². The number of carbonyl (C=O) groups excluding carboxylic acids is 1. The predicted molar refractivity (Wildman–Crippen MR) is 89.0 cm³/mol. The number of guanidine groups is 1. The number of aliphatic imine (C=N–C) groups is 1. The number of halogens is 3. The Hall–Kier alpha value is -2.11. The summed E-state index contributed by atoms with van der Waals surface area (Å²) in [7, 11) is 0. The number of hydrogen-bond acceptors (Lipinski definition) is 2. The molecule has 1 N–H and O–H groups in total. The topological polar surface area (TPSA) is 44.7 Å². The van der Waals surface area contributed by atoms with Crippen LogP contribution in [0.15, 0.2) is 47.5 Å². The van der Waals surface area contributed by atoms with Crippen molar-refractivity contribution in [2.45, 2.75) is 0 Å². The van der Waals surface area contributed by atoms with Gasteiger partial charge in [0.15, 0.2) is 0 Å². The van der Waals surface area contributed by atoms with Gasteiger partial charge < -0.3 is 5.32 Å². The molecule has 118 valence electrons. The first-order valence-corrected chi connectivity index (χ1v) is 7.66. The minimum Gasteiger partial charge on any atom is -0.354 e. The Bertz CT molecular complexity index is 777. The summed E-state index contributed by atoms with van der Waals surface area (Å²) < 4.78 is 13.0. The van der Waals surface area contributed by atoms with Crippen molar-refractivity contribution in [2.24, 2.45) is 4.99 Å². The van der Waals surface area contributed by atoms with E-state index in [1.54, 1.807) is 18.2 Å². The Morgan fingerprint density at radius 1 is 1.17 bits per heavy atom. The lowest BCUT2D eigenvalue weighted by Crippen LogP contribution is -2.35. The maximum absolute atomic E-state index is 13.0. The van der Waals surface area contributed by atoms with Crippen molar-refractivity contribution in [2.75, 3.05) is 13.1 Å². The van der Waals surface area contributed by atoms with Gasteiger partial charge in [0.25, 0.3) is 5.91 Å². The molecule has 2 aromatic rings. The molecule has 1 aliphatic heterocycles. The van der Waals surface area contributed by atoms with Gasteiger partial charge >= 0.3 is 0 Å². The molecule has 1 saturated heterocycles. The summed E-state index contributed by atoms with van der Waals surface area (Å²) in [6.45, 7) is 1.04. The molecule has 3 rings (SSSR count). The Morgan fingerprint density at radius 2 is 1.91 bits per heavy atom. The standard InChI is InChI=1S/C16H12Cl2FN3O/c17-12-2-1-3-13(14(12)18)21-16-20-8-9-22(16)15(23)10-4-6-11(19)7-5-10/h1-7H,8-9H2,(H,20,21). The molecular weight excluding hydrogens is 340 g/mol. The second-order valence-corrected chi connectivity index (χ2v) is 5.68. The monoisotopic (exact) mass is 351 g/mol. The largest absolute Gasteiger partial charge is 0.354 e. The van der Waals surface area contributed by atoms with Gasteiger partial charge in [-0.1, -0.05) is 29.3 Å². The summed E-state index contributed by atoms with van der Waals surface area (Å²) in [5.74, 6) is -0.254. The zero-order chi connectivity index (χ0) is 16.4.